The molecule has 0 heterocycles. The molecule has 0 aromatic heterocycles. The second kappa shape index (κ2) is 6.17. The van der Waals surface area contributed by atoms with Crippen molar-refractivity contribution < 1.29 is 9.84 Å². The molecule has 2 aliphatic rings. The summed E-state index contributed by atoms with van der Waals surface area (Å²) in [5, 5.41) is 10.3. The highest BCUT2D eigenvalue weighted by Crippen LogP contribution is 2.52. The average Bonchev–Trinajstić information content (AvgIpc) is 2.73. The normalized spacial score (nSPS) is 28.9. The van der Waals surface area contributed by atoms with Crippen molar-refractivity contribution in [2.24, 2.45) is 5.41 Å². The van der Waals surface area contributed by atoms with Crippen molar-refractivity contribution in [2.45, 2.75) is 63.8 Å². The van der Waals surface area contributed by atoms with E-state index in [-0.39, 0.29) is 17.6 Å². The molecule has 1 spiro atoms. The minimum atomic E-state index is -0.148. The lowest BCUT2D eigenvalue weighted by Gasteiger charge is -2.53. The van der Waals surface area contributed by atoms with Crippen LogP contribution in [0.1, 0.15) is 50.5 Å². The van der Waals surface area contributed by atoms with Crippen LogP contribution in [0.15, 0.2) is 28.7 Å². The van der Waals surface area contributed by atoms with Crippen molar-refractivity contribution >= 4 is 15.9 Å². The summed E-state index contributed by atoms with van der Waals surface area (Å²) in [6.07, 6.45) is 8.27. The Labute approximate surface area is 129 Å². The lowest BCUT2D eigenvalue weighted by molar-refractivity contribution is -0.203. The standard InChI is InChI=1S/C17H23BrO2/c18-14-8-4-3-7-13(14)12-20-16-11-15(19)17(16)9-5-1-2-6-10-17/h3-4,7-8,15-16,19H,1-2,5-6,9-12H2. The van der Waals surface area contributed by atoms with Crippen molar-refractivity contribution in [3.8, 4) is 0 Å². The van der Waals surface area contributed by atoms with Gasteiger partial charge in [-0.3, -0.25) is 0 Å². The third-order valence-corrected chi connectivity index (χ3v) is 5.95. The largest absolute Gasteiger partial charge is 0.392 e. The Balaban J connectivity index is 1.64. The summed E-state index contributed by atoms with van der Waals surface area (Å²) in [6, 6.07) is 8.21. The van der Waals surface area contributed by atoms with E-state index >= 15 is 0 Å². The van der Waals surface area contributed by atoms with Crippen LogP contribution in [0, 0.1) is 5.41 Å². The van der Waals surface area contributed by atoms with E-state index in [0.29, 0.717) is 6.61 Å². The number of benzene rings is 1. The van der Waals surface area contributed by atoms with Gasteiger partial charge in [-0.15, -0.1) is 0 Å². The van der Waals surface area contributed by atoms with Crippen LogP contribution in [0.5, 0.6) is 0 Å². The van der Waals surface area contributed by atoms with Crippen molar-refractivity contribution in [2.75, 3.05) is 0 Å². The van der Waals surface area contributed by atoms with E-state index in [2.05, 4.69) is 28.1 Å². The molecule has 2 aliphatic carbocycles. The second-order valence-corrected chi connectivity index (χ2v) is 7.14. The molecule has 2 fully saturated rings. The minimum absolute atomic E-state index is 0.0533. The summed E-state index contributed by atoms with van der Waals surface area (Å²) in [6.45, 7) is 0.639. The average molecular weight is 339 g/mol. The van der Waals surface area contributed by atoms with Crippen LogP contribution < -0.4 is 0 Å². The SMILES string of the molecule is OC1CC(OCc2ccccc2Br)C12CCCCCC2. The van der Waals surface area contributed by atoms with Crippen LogP contribution in [-0.2, 0) is 11.3 Å². The van der Waals surface area contributed by atoms with Crippen molar-refractivity contribution in [1.29, 1.82) is 0 Å². The second-order valence-electron chi connectivity index (χ2n) is 6.29. The van der Waals surface area contributed by atoms with Gasteiger partial charge in [0.15, 0.2) is 0 Å². The van der Waals surface area contributed by atoms with E-state index in [0.717, 1.165) is 23.7 Å². The van der Waals surface area contributed by atoms with Gasteiger partial charge in [-0.05, 0) is 24.5 Å². The van der Waals surface area contributed by atoms with Gasteiger partial charge in [-0.2, -0.15) is 0 Å². The molecule has 2 unspecified atom stereocenters. The Kier molecular flexibility index (Phi) is 4.49. The summed E-state index contributed by atoms with van der Waals surface area (Å²) in [5.74, 6) is 0. The van der Waals surface area contributed by atoms with E-state index in [9.17, 15) is 5.11 Å². The highest BCUT2D eigenvalue weighted by atomic mass is 79.9. The van der Waals surface area contributed by atoms with Gasteiger partial charge in [0.05, 0.1) is 18.8 Å². The van der Waals surface area contributed by atoms with E-state index in [1.807, 2.05) is 12.1 Å². The number of hydrogen-bond acceptors (Lipinski definition) is 2. The van der Waals surface area contributed by atoms with Crippen molar-refractivity contribution in [3.63, 3.8) is 0 Å². The summed E-state index contributed by atoms with van der Waals surface area (Å²) >= 11 is 3.57. The first-order chi connectivity index (χ1) is 9.72. The molecule has 20 heavy (non-hydrogen) atoms. The van der Waals surface area contributed by atoms with E-state index in [1.165, 1.54) is 31.2 Å². The predicted octanol–water partition coefficient (Wildman–Crippen LogP) is 4.44. The maximum atomic E-state index is 10.3. The predicted molar refractivity (Wildman–Crippen MR) is 83.5 cm³/mol. The molecule has 110 valence electrons. The number of halogens is 1. The lowest BCUT2D eigenvalue weighted by Crippen LogP contribution is -2.57. The molecule has 0 saturated heterocycles. The van der Waals surface area contributed by atoms with E-state index < -0.39 is 0 Å². The molecule has 3 rings (SSSR count). The highest BCUT2D eigenvalue weighted by molar-refractivity contribution is 9.10. The van der Waals surface area contributed by atoms with Crippen LogP contribution in [0.4, 0.5) is 0 Å². The summed E-state index contributed by atoms with van der Waals surface area (Å²) in [7, 11) is 0. The zero-order chi connectivity index (χ0) is 14.0. The fourth-order valence-corrected chi connectivity index (χ4v) is 4.21. The van der Waals surface area contributed by atoms with Gasteiger partial charge in [0.2, 0.25) is 0 Å². The summed E-state index contributed by atoms with van der Waals surface area (Å²) in [4.78, 5) is 0. The lowest BCUT2D eigenvalue weighted by atomic mass is 9.59. The first-order valence-electron chi connectivity index (χ1n) is 7.75. The Morgan fingerprint density at radius 3 is 2.50 bits per heavy atom. The fraction of sp³-hybridized carbons (Fsp3) is 0.647. The monoisotopic (exact) mass is 338 g/mol. The quantitative estimate of drug-likeness (QED) is 0.882. The number of aliphatic hydroxyl groups is 1. The Morgan fingerprint density at radius 2 is 1.85 bits per heavy atom. The number of rotatable bonds is 3. The first-order valence-corrected chi connectivity index (χ1v) is 8.55. The number of hydrogen-bond donors (Lipinski definition) is 1. The Morgan fingerprint density at radius 1 is 1.15 bits per heavy atom. The van der Waals surface area contributed by atoms with Crippen LogP contribution in [0.2, 0.25) is 0 Å². The molecule has 1 N–H and O–H groups in total. The van der Waals surface area contributed by atoms with Crippen molar-refractivity contribution in [1.82, 2.24) is 0 Å². The zero-order valence-corrected chi connectivity index (χ0v) is 13.4. The molecule has 1 aromatic rings. The summed E-state index contributed by atoms with van der Waals surface area (Å²) < 4.78 is 7.28. The minimum Gasteiger partial charge on any atom is -0.392 e. The van der Waals surface area contributed by atoms with E-state index in [4.69, 9.17) is 4.74 Å². The molecule has 0 amide bonds. The van der Waals surface area contributed by atoms with Gasteiger partial charge in [0.25, 0.3) is 0 Å². The number of aliphatic hydroxyl groups excluding tert-OH is 1. The van der Waals surface area contributed by atoms with Gasteiger partial charge in [-0.1, -0.05) is 59.8 Å². The zero-order valence-electron chi connectivity index (χ0n) is 11.9. The molecular formula is C17H23BrO2. The van der Waals surface area contributed by atoms with Gasteiger partial charge in [0, 0.05) is 16.3 Å². The third kappa shape index (κ3) is 2.68. The summed E-state index contributed by atoms with van der Waals surface area (Å²) in [5.41, 5.74) is 1.25. The van der Waals surface area contributed by atoms with Gasteiger partial charge >= 0.3 is 0 Å². The highest BCUT2D eigenvalue weighted by Gasteiger charge is 2.54. The van der Waals surface area contributed by atoms with Gasteiger partial charge < -0.3 is 9.84 Å². The maximum absolute atomic E-state index is 10.3. The molecule has 2 atom stereocenters. The van der Waals surface area contributed by atoms with E-state index in [1.54, 1.807) is 0 Å². The van der Waals surface area contributed by atoms with Crippen LogP contribution in [-0.4, -0.2) is 17.3 Å². The van der Waals surface area contributed by atoms with Crippen LogP contribution in [0.25, 0.3) is 0 Å². The third-order valence-electron chi connectivity index (χ3n) is 5.17. The Hall–Kier alpha value is -0.380. The maximum Gasteiger partial charge on any atom is 0.0731 e. The molecule has 0 bridgehead atoms. The topological polar surface area (TPSA) is 29.5 Å². The molecule has 2 nitrogen and oxygen atoms in total. The van der Waals surface area contributed by atoms with Crippen LogP contribution >= 0.6 is 15.9 Å². The molecule has 1 aromatic carbocycles. The fourth-order valence-electron chi connectivity index (χ4n) is 3.81. The molecule has 2 saturated carbocycles. The van der Waals surface area contributed by atoms with Crippen molar-refractivity contribution in [3.05, 3.63) is 34.3 Å². The molecular weight excluding hydrogens is 316 g/mol. The first kappa shape index (κ1) is 14.6. The van der Waals surface area contributed by atoms with Gasteiger partial charge in [-0.25, -0.2) is 0 Å². The smallest absolute Gasteiger partial charge is 0.0731 e. The van der Waals surface area contributed by atoms with Gasteiger partial charge in [0.1, 0.15) is 0 Å². The molecule has 0 aliphatic heterocycles. The molecule has 3 heteroatoms. The Bertz CT molecular complexity index is 452. The number of ether oxygens (including phenoxy) is 1. The molecule has 0 radical (unpaired) electrons. The van der Waals surface area contributed by atoms with Crippen LogP contribution in [0.3, 0.4) is 0 Å².